The Hall–Kier alpha value is -1.78. The molecule has 29 heavy (non-hydrogen) atoms. The summed E-state index contributed by atoms with van der Waals surface area (Å²) in [7, 11) is -2.21. The number of halogens is 1. The van der Waals surface area contributed by atoms with E-state index in [0.717, 1.165) is 4.90 Å². The Labute approximate surface area is 179 Å². The van der Waals surface area contributed by atoms with Crippen LogP contribution < -0.4 is 10.1 Å². The van der Waals surface area contributed by atoms with Gasteiger partial charge in [0.1, 0.15) is 5.75 Å². The minimum atomic E-state index is -3.68. The van der Waals surface area contributed by atoms with Gasteiger partial charge in [0.15, 0.2) is 0 Å². The van der Waals surface area contributed by atoms with Gasteiger partial charge in [-0.15, -0.1) is 11.8 Å². The molecule has 0 aromatic heterocycles. The van der Waals surface area contributed by atoms with E-state index in [-0.39, 0.29) is 16.6 Å². The van der Waals surface area contributed by atoms with Crippen LogP contribution in [-0.2, 0) is 19.6 Å². The van der Waals surface area contributed by atoms with Gasteiger partial charge in [0.2, 0.25) is 15.9 Å². The summed E-state index contributed by atoms with van der Waals surface area (Å²) >= 11 is 7.21. The number of nitrogens with one attached hydrogen (secondary N) is 1. The number of ether oxygens (including phenoxy) is 2. The van der Waals surface area contributed by atoms with Crippen molar-refractivity contribution in [3.63, 3.8) is 0 Å². The van der Waals surface area contributed by atoms with Gasteiger partial charge in [-0.05, 0) is 42.5 Å². The van der Waals surface area contributed by atoms with Crippen molar-refractivity contribution < 1.29 is 22.7 Å². The zero-order valence-corrected chi connectivity index (χ0v) is 18.1. The van der Waals surface area contributed by atoms with E-state index in [1.54, 1.807) is 12.1 Å². The Morgan fingerprint density at radius 1 is 1.21 bits per heavy atom. The molecule has 2 aromatic rings. The quantitative estimate of drug-likeness (QED) is 0.644. The van der Waals surface area contributed by atoms with E-state index in [1.165, 1.54) is 41.4 Å². The number of thioether (sulfide) groups is 1. The molecule has 1 N–H and O–H groups in total. The SMILES string of the molecule is COc1ccc(S(=O)(=O)N2CCOCC2)cc1NC(=O)CSc1ccc(Cl)cc1. The first-order chi connectivity index (χ1) is 13.9. The Kier molecular flexibility index (Phi) is 7.42. The molecule has 1 aliphatic heterocycles. The second kappa shape index (κ2) is 9.82. The zero-order chi connectivity index (χ0) is 20.9. The van der Waals surface area contributed by atoms with Crippen LogP contribution in [0.1, 0.15) is 0 Å². The van der Waals surface area contributed by atoms with Crippen LogP contribution >= 0.6 is 23.4 Å². The Bertz CT molecular complexity index is 961. The van der Waals surface area contributed by atoms with Gasteiger partial charge < -0.3 is 14.8 Å². The largest absolute Gasteiger partial charge is 0.495 e. The Morgan fingerprint density at radius 2 is 1.90 bits per heavy atom. The number of hydrogen-bond acceptors (Lipinski definition) is 6. The van der Waals surface area contributed by atoms with Crippen molar-refractivity contribution in [3.8, 4) is 5.75 Å². The average molecular weight is 457 g/mol. The van der Waals surface area contributed by atoms with Gasteiger partial charge in [0, 0.05) is 23.0 Å². The first-order valence-corrected chi connectivity index (χ1v) is 11.6. The molecule has 10 heteroatoms. The van der Waals surface area contributed by atoms with Crippen LogP contribution in [-0.4, -0.2) is 57.8 Å². The number of carbonyl (C=O) groups excluding carboxylic acids is 1. The number of hydrogen-bond donors (Lipinski definition) is 1. The van der Waals surface area contributed by atoms with E-state index < -0.39 is 10.0 Å². The fourth-order valence-corrected chi connectivity index (χ4v) is 5.01. The molecule has 1 fully saturated rings. The van der Waals surface area contributed by atoms with Crippen LogP contribution in [0, 0.1) is 0 Å². The van der Waals surface area contributed by atoms with Gasteiger partial charge in [-0.1, -0.05) is 11.6 Å². The second-order valence-electron chi connectivity index (χ2n) is 6.17. The lowest BCUT2D eigenvalue weighted by atomic mass is 10.3. The monoisotopic (exact) mass is 456 g/mol. The number of amides is 1. The van der Waals surface area contributed by atoms with Crippen LogP contribution in [0.3, 0.4) is 0 Å². The number of rotatable bonds is 7. The van der Waals surface area contributed by atoms with Crippen molar-refractivity contribution in [1.82, 2.24) is 4.31 Å². The molecule has 0 unspecified atom stereocenters. The molecule has 1 amide bonds. The normalized spacial score (nSPS) is 15.1. The highest BCUT2D eigenvalue weighted by Crippen LogP contribution is 2.30. The fraction of sp³-hybridized carbons (Fsp3) is 0.316. The molecule has 0 spiro atoms. The molecule has 156 valence electrons. The fourth-order valence-electron chi connectivity index (χ4n) is 2.75. The molecule has 7 nitrogen and oxygen atoms in total. The Morgan fingerprint density at radius 3 is 2.55 bits per heavy atom. The summed E-state index contributed by atoms with van der Waals surface area (Å²) < 4.78 is 37.6. The van der Waals surface area contributed by atoms with Crippen LogP contribution in [0.2, 0.25) is 5.02 Å². The Balaban J connectivity index is 1.72. The highest BCUT2D eigenvalue weighted by atomic mass is 35.5. The summed E-state index contributed by atoms with van der Waals surface area (Å²) in [5.74, 6) is 0.269. The third-order valence-electron chi connectivity index (χ3n) is 4.24. The lowest BCUT2D eigenvalue weighted by Gasteiger charge is -2.26. The topological polar surface area (TPSA) is 84.9 Å². The van der Waals surface area contributed by atoms with Gasteiger partial charge >= 0.3 is 0 Å². The van der Waals surface area contributed by atoms with Gasteiger partial charge in [-0.3, -0.25) is 4.79 Å². The maximum atomic E-state index is 12.9. The summed E-state index contributed by atoms with van der Waals surface area (Å²) in [6.07, 6.45) is 0. The van der Waals surface area contributed by atoms with Crippen molar-refractivity contribution in [2.45, 2.75) is 9.79 Å². The maximum Gasteiger partial charge on any atom is 0.243 e. The molecule has 1 aliphatic rings. The van der Waals surface area contributed by atoms with Crippen molar-refractivity contribution >= 4 is 45.0 Å². The van der Waals surface area contributed by atoms with Gasteiger partial charge in [0.05, 0.1) is 36.7 Å². The molecule has 0 radical (unpaired) electrons. The van der Waals surface area contributed by atoms with Crippen molar-refractivity contribution in [1.29, 1.82) is 0 Å². The predicted molar refractivity (Wildman–Crippen MR) is 113 cm³/mol. The van der Waals surface area contributed by atoms with E-state index in [0.29, 0.717) is 42.8 Å². The smallest absolute Gasteiger partial charge is 0.243 e. The molecule has 0 atom stereocenters. The third kappa shape index (κ3) is 5.64. The standard InChI is InChI=1S/C19H21ClN2O5S2/c1-26-18-7-6-16(29(24,25)22-8-10-27-11-9-22)12-17(18)21-19(23)13-28-15-4-2-14(20)3-5-15/h2-7,12H,8-11,13H2,1H3,(H,21,23). The molecule has 0 aliphatic carbocycles. The third-order valence-corrected chi connectivity index (χ3v) is 7.40. The molecule has 3 rings (SSSR count). The summed E-state index contributed by atoms with van der Waals surface area (Å²) in [6, 6.07) is 11.6. The zero-order valence-electron chi connectivity index (χ0n) is 15.8. The summed E-state index contributed by atoms with van der Waals surface area (Å²) in [5, 5.41) is 3.37. The highest BCUT2D eigenvalue weighted by molar-refractivity contribution is 8.00. The summed E-state index contributed by atoms with van der Waals surface area (Å²) in [5.41, 5.74) is 0.309. The van der Waals surface area contributed by atoms with Crippen LogP contribution in [0.5, 0.6) is 5.75 Å². The van der Waals surface area contributed by atoms with Gasteiger partial charge in [0.25, 0.3) is 0 Å². The number of methoxy groups -OCH3 is 1. The van der Waals surface area contributed by atoms with Crippen molar-refractivity contribution in [2.24, 2.45) is 0 Å². The lowest BCUT2D eigenvalue weighted by molar-refractivity contribution is -0.113. The summed E-state index contributed by atoms with van der Waals surface area (Å²) in [6.45, 7) is 1.32. The lowest BCUT2D eigenvalue weighted by Crippen LogP contribution is -2.40. The number of nitrogens with zero attached hydrogens (tertiary/aromatic N) is 1. The molecule has 0 bridgehead atoms. The molecular formula is C19H21ClN2O5S2. The predicted octanol–water partition coefficient (Wildman–Crippen LogP) is 3.10. The second-order valence-corrected chi connectivity index (χ2v) is 9.59. The van der Waals surface area contributed by atoms with E-state index >= 15 is 0 Å². The average Bonchev–Trinajstić information content (AvgIpc) is 2.74. The van der Waals surface area contributed by atoms with Crippen LogP contribution in [0.4, 0.5) is 5.69 Å². The van der Waals surface area contributed by atoms with Gasteiger partial charge in [-0.25, -0.2) is 8.42 Å². The molecule has 1 heterocycles. The van der Waals surface area contributed by atoms with Gasteiger partial charge in [-0.2, -0.15) is 4.31 Å². The van der Waals surface area contributed by atoms with E-state index in [9.17, 15) is 13.2 Å². The number of anilines is 1. The molecule has 1 saturated heterocycles. The van der Waals surface area contributed by atoms with Crippen LogP contribution in [0.25, 0.3) is 0 Å². The number of sulfonamides is 1. The first-order valence-electron chi connectivity index (χ1n) is 8.84. The van der Waals surface area contributed by atoms with Crippen LogP contribution in [0.15, 0.2) is 52.3 Å². The number of carbonyl (C=O) groups is 1. The van der Waals surface area contributed by atoms with E-state index in [1.807, 2.05) is 12.1 Å². The van der Waals surface area contributed by atoms with E-state index in [4.69, 9.17) is 21.1 Å². The van der Waals surface area contributed by atoms with Crippen molar-refractivity contribution in [2.75, 3.05) is 44.5 Å². The molecule has 0 saturated carbocycles. The first kappa shape index (κ1) is 21.9. The summed E-state index contributed by atoms with van der Waals surface area (Å²) in [4.78, 5) is 13.4. The number of morpholine rings is 1. The minimum Gasteiger partial charge on any atom is -0.495 e. The number of benzene rings is 2. The van der Waals surface area contributed by atoms with Crippen molar-refractivity contribution in [3.05, 3.63) is 47.5 Å². The highest BCUT2D eigenvalue weighted by Gasteiger charge is 2.27. The maximum absolute atomic E-state index is 12.9. The molecular weight excluding hydrogens is 436 g/mol. The van der Waals surface area contributed by atoms with E-state index in [2.05, 4.69) is 5.32 Å². The minimum absolute atomic E-state index is 0.0980. The molecule has 2 aromatic carbocycles.